The number of carbonyl (C=O) groups is 3. The molecule has 21 heavy (non-hydrogen) atoms. The van der Waals surface area contributed by atoms with Gasteiger partial charge in [0.05, 0.1) is 0 Å². The van der Waals surface area contributed by atoms with Crippen LogP contribution < -0.4 is 5.32 Å². The minimum Gasteiger partial charge on any atom is -0.350 e. The molecule has 1 aromatic carbocycles. The Labute approximate surface area is 131 Å². The van der Waals surface area contributed by atoms with Crippen LogP contribution in [0.25, 0.3) is 0 Å². The molecule has 0 atom stereocenters. The highest BCUT2D eigenvalue weighted by Gasteiger charge is 2.37. The Kier molecular flexibility index (Phi) is 4.65. The fraction of sp³-hybridized carbons (Fsp3) is 0.214. The highest BCUT2D eigenvalue weighted by Crippen LogP contribution is 2.26. The smallest absolute Gasteiger partial charge is 0.274 e. The van der Waals surface area contributed by atoms with Gasteiger partial charge in [0, 0.05) is 6.54 Å². The zero-order valence-electron chi connectivity index (χ0n) is 11.2. The second-order valence-electron chi connectivity index (χ2n) is 4.59. The first-order chi connectivity index (χ1) is 9.90. The lowest BCUT2D eigenvalue weighted by molar-refractivity contribution is -0.141. The number of hydrogen-bond acceptors (Lipinski definition) is 3. The van der Waals surface area contributed by atoms with E-state index in [1.54, 1.807) is 0 Å². The van der Waals surface area contributed by atoms with E-state index in [-0.39, 0.29) is 10.1 Å². The van der Waals surface area contributed by atoms with Crippen LogP contribution in [0.5, 0.6) is 0 Å². The van der Waals surface area contributed by atoms with Crippen LogP contribution in [0.4, 0.5) is 0 Å². The number of hydrogen-bond donors (Lipinski definition) is 1. The summed E-state index contributed by atoms with van der Waals surface area (Å²) >= 11 is 11.2. The van der Waals surface area contributed by atoms with Crippen molar-refractivity contribution >= 4 is 40.9 Å². The van der Waals surface area contributed by atoms with Crippen LogP contribution in [0.1, 0.15) is 11.1 Å². The van der Waals surface area contributed by atoms with E-state index in [2.05, 4.69) is 5.32 Å². The van der Waals surface area contributed by atoms with Gasteiger partial charge in [-0.1, -0.05) is 53.0 Å². The molecule has 1 aliphatic rings. The molecule has 0 fully saturated rings. The number of nitrogens with zero attached hydrogens (tertiary/aromatic N) is 1. The first-order valence-corrected chi connectivity index (χ1v) is 6.89. The summed E-state index contributed by atoms with van der Waals surface area (Å²) in [6.45, 7) is 1.87. The van der Waals surface area contributed by atoms with Gasteiger partial charge in [-0.05, 0) is 12.5 Å². The average Bonchev–Trinajstić information content (AvgIpc) is 2.64. The molecule has 1 heterocycles. The Morgan fingerprint density at radius 1 is 1.10 bits per heavy atom. The number of benzene rings is 1. The van der Waals surface area contributed by atoms with Crippen molar-refractivity contribution in [1.82, 2.24) is 10.2 Å². The van der Waals surface area contributed by atoms with Crippen LogP contribution in [0.15, 0.2) is 34.3 Å². The molecule has 0 bridgehead atoms. The Hall–Kier alpha value is -1.85. The van der Waals surface area contributed by atoms with Crippen LogP contribution in [-0.4, -0.2) is 29.2 Å². The highest BCUT2D eigenvalue weighted by atomic mass is 35.5. The minimum absolute atomic E-state index is 0.310. The first kappa shape index (κ1) is 15.5. The summed E-state index contributed by atoms with van der Waals surface area (Å²) in [6, 6.07) is 7.63. The summed E-state index contributed by atoms with van der Waals surface area (Å²) in [7, 11) is 0. The number of carbonyl (C=O) groups excluding carboxylic acids is 3. The molecule has 0 aliphatic carbocycles. The Morgan fingerprint density at radius 2 is 1.62 bits per heavy atom. The van der Waals surface area contributed by atoms with Crippen molar-refractivity contribution < 1.29 is 14.4 Å². The predicted molar refractivity (Wildman–Crippen MR) is 78.5 cm³/mol. The number of imide groups is 1. The monoisotopic (exact) mass is 326 g/mol. The maximum Gasteiger partial charge on any atom is 0.274 e. The van der Waals surface area contributed by atoms with E-state index in [9.17, 15) is 14.4 Å². The number of aryl methyl sites for hydroxylation is 1. The van der Waals surface area contributed by atoms with Crippen molar-refractivity contribution in [3.05, 3.63) is 45.5 Å². The van der Waals surface area contributed by atoms with Gasteiger partial charge in [0.2, 0.25) is 5.91 Å². The van der Waals surface area contributed by atoms with E-state index in [1.807, 2.05) is 31.2 Å². The number of nitrogens with one attached hydrogen (secondary N) is 1. The third-order valence-corrected chi connectivity index (χ3v) is 3.77. The molecule has 1 aliphatic heterocycles. The van der Waals surface area contributed by atoms with E-state index in [0.29, 0.717) is 6.54 Å². The van der Waals surface area contributed by atoms with Gasteiger partial charge in [0.1, 0.15) is 16.6 Å². The molecule has 5 nitrogen and oxygen atoms in total. The molecule has 0 saturated carbocycles. The van der Waals surface area contributed by atoms with Gasteiger partial charge in [-0.25, -0.2) is 0 Å². The average molecular weight is 327 g/mol. The topological polar surface area (TPSA) is 66.5 Å². The maximum atomic E-state index is 11.8. The number of amides is 3. The van der Waals surface area contributed by atoms with Gasteiger partial charge in [0.25, 0.3) is 11.8 Å². The SMILES string of the molecule is Cc1ccc(CNC(=O)CN2C(=O)C(Cl)=C(Cl)C2=O)cc1. The maximum absolute atomic E-state index is 11.8. The summed E-state index contributed by atoms with van der Waals surface area (Å²) in [5.41, 5.74) is 2.04. The summed E-state index contributed by atoms with van der Waals surface area (Å²) in [5, 5.41) is 1.92. The lowest BCUT2D eigenvalue weighted by atomic mass is 10.1. The molecule has 3 amide bonds. The van der Waals surface area contributed by atoms with E-state index in [1.165, 1.54) is 0 Å². The van der Waals surface area contributed by atoms with Crippen molar-refractivity contribution in [1.29, 1.82) is 0 Å². The normalized spacial score (nSPS) is 14.9. The van der Waals surface area contributed by atoms with Gasteiger partial charge >= 0.3 is 0 Å². The Bertz CT molecular complexity index is 614. The molecule has 0 saturated heterocycles. The van der Waals surface area contributed by atoms with Crippen molar-refractivity contribution in [3.8, 4) is 0 Å². The standard InChI is InChI=1S/C14H12Cl2N2O3/c1-8-2-4-9(5-3-8)6-17-10(19)7-18-13(20)11(15)12(16)14(18)21/h2-5H,6-7H2,1H3,(H,17,19). The van der Waals surface area contributed by atoms with E-state index in [4.69, 9.17) is 23.2 Å². The fourth-order valence-electron chi connectivity index (χ4n) is 1.77. The number of halogens is 2. The quantitative estimate of drug-likeness (QED) is 0.856. The number of rotatable bonds is 4. The second-order valence-corrected chi connectivity index (χ2v) is 5.34. The van der Waals surface area contributed by atoms with E-state index >= 15 is 0 Å². The minimum atomic E-state index is -0.753. The van der Waals surface area contributed by atoms with Crippen LogP contribution in [0, 0.1) is 6.92 Å². The van der Waals surface area contributed by atoms with Gasteiger partial charge in [-0.3, -0.25) is 19.3 Å². The predicted octanol–water partition coefficient (Wildman–Crippen LogP) is 1.67. The third-order valence-electron chi connectivity index (χ3n) is 2.97. The van der Waals surface area contributed by atoms with Crippen molar-refractivity contribution in [2.45, 2.75) is 13.5 Å². The molecule has 0 spiro atoms. The highest BCUT2D eigenvalue weighted by molar-refractivity contribution is 6.58. The Balaban J connectivity index is 1.90. The molecular formula is C14H12Cl2N2O3. The molecule has 0 radical (unpaired) electrons. The van der Waals surface area contributed by atoms with Gasteiger partial charge in [0.15, 0.2) is 0 Å². The molecule has 1 aromatic rings. The zero-order valence-corrected chi connectivity index (χ0v) is 12.7. The van der Waals surface area contributed by atoms with Crippen LogP contribution in [-0.2, 0) is 20.9 Å². The summed E-state index contributed by atoms with van der Waals surface area (Å²) in [5.74, 6) is -1.97. The first-order valence-electron chi connectivity index (χ1n) is 6.14. The second kappa shape index (κ2) is 6.28. The van der Waals surface area contributed by atoms with Crippen molar-refractivity contribution in [2.75, 3.05) is 6.54 Å². The van der Waals surface area contributed by atoms with Gasteiger partial charge in [-0.2, -0.15) is 0 Å². The molecule has 2 rings (SSSR count). The molecule has 0 unspecified atom stereocenters. The van der Waals surface area contributed by atoms with Gasteiger partial charge < -0.3 is 5.32 Å². The molecule has 0 aromatic heterocycles. The molecular weight excluding hydrogens is 315 g/mol. The summed E-state index contributed by atoms with van der Waals surface area (Å²) < 4.78 is 0. The lowest BCUT2D eigenvalue weighted by Crippen LogP contribution is -2.40. The zero-order chi connectivity index (χ0) is 15.6. The van der Waals surface area contributed by atoms with Gasteiger partial charge in [-0.15, -0.1) is 0 Å². The van der Waals surface area contributed by atoms with Crippen LogP contribution in [0.2, 0.25) is 0 Å². The molecule has 110 valence electrons. The van der Waals surface area contributed by atoms with E-state index in [0.717, 1.165) is 16.0 Å². The van der Waals surface area contributed by atoms with Crippen LogP contribution >= 0.6 is 23.2 Å². The lowest BCUT2D eigenvalue weighted by Gasteiger charge is -2.13. The Morgan fingerprint density at radius 3 is 2.14 bits per heavy atom. The largest absolute Gasteiger partial charge is 0.350 e. The third kappa shape index (κ3) is 3.43. The molecule has 1 N–H and O–H groups in total. The molecule has 7 heteroatoms. The van der Waals surface area contributed by atoms with Crippen molar-refractivity contribution in [3.63, 3.8) is 0 Å². The summed E-state index contributed by atoms with van der Waals surface area (Å²) in [6.07, 6.45) is 0. The summed E-state index contributed by atoms with van der Waals surface area (Å²) in [4.78, 5) is 35.7. The van der Waals surface area contributed by atoms with Crippen LogP contribution in [0.3, 0.4) is 0 Å². The van der Waals surface area contributed by atoms with Crippen molar-refractivity contribution in [2.24, 2.45) is 0 Å². The fourth-order valence-corrected chi connectivity index (χ4v) is 2.13. The van der Waals surface area contributed by atoms with E-state index < -0.39 is 24.3 Å².